The van der Waals surface area contributed by atoms with Crippen LogP contribution in [0.15, 0.2) is 11.8 Å². The van der Waals surface area contributed by atoms with E-state index in [1.165, 1.54) is 19.9 Å². The van der Waals surface area contributed by atoms with Gasteiger partial charge >= 0.3 is 11.9 Å². The first-order chi connectivity index (χ1) is 6.82. The Balaban J connectivity index is 4.48. The van der Waals surface area contributed by atoms with Gasteiger partial charge in [-0.3, -0.25) is 9.59 Å². The molecule has 0 aliphatic carbocycles. The zero-order valence-corrected chi connectivity index (χ0v) is 8.48. The van der Waals surface area contributed by atoms with Gasteiger partial charge in [0.2, 0.25) is 0 Å². The minimum Gasteiger partial charge on any atom is -0.481 e. The summed E-state index contributed by atoms with van der Waals surface area (Å²) in [7, 11) is 0. The van der Waals surface area contributed by atoms with Gasteiger partial charge in [0.05, 0.1) is 6.42 Å². The third-order valence-corrected chi connectivity index (χ3v) is 1.50. The number of hydrogen-bond donors (Lipinski definition) is 3. The molecule has 15 heavy (non-hydrogen) atoms. The van der Waals surface area contributed by atoms with Crippen LogP contribution in [0.3, 0.4) is 0 Å². The number of carboxylic acids is 2. The number of aliphatic carboxylic acids is 2. The van der Waals surface area contributed by atoms with Gasteiger partial charge in [-0.15, -0.1) is 0 Å². The van der Waals surface area contributed by atoms with Crippen LogP contribution in [-0.4, -0.2) is 34.0 Å². The Bertz CT molecular complexity index is 308. The summed E-state index contributed by atoms with van der Waals surface area (Å²) >= 11 is 0. The maximum atomic E-state index is 10.6. The lowest BCUT2D eigenvalue weighted by Gasteiger charge is -2.13. The van der Waals surface area contributed by atoms with E-state index in [1.807, 2.05) is 0 Å². The van der Waals surface area contributed by atoms with Gasteiger partial charge in [0.25, 0.3) is 0 Å². The van der Waals surface area contributed by atoms with E-state index in [4.69, 9.17) is 10.2 Å². The van der Waals surface area contributed by atoms with Crippen LogP contribution in [-0.2, 0) is 14.4 Å². The second kappa shape index (κ2) is 5.79. The van der Waals surface area contributed by atoms with Gasteiger partial charge in [0.1, 0.15) is 6.04 Å². The average Bonchev–Trinajstić information content (AvgIpc) is 1.99. The van der Waals surface area contributed by atoms with Crippen LogP contribution in [0.4, 0.5) is 0 Å². The highest BCUT2D eigenvalue weighted by Gasteiger charge is 2.20. The van der Waals surface area contributed by atoms with Gasteiger partial charge in [-0.05, 0) is 19.9 Å². The molecule has 3 N–H and O–H groups in total. The Morgan fingerprint density at radius 1 is 1.27 bits per heavy atom. The summed E-state index contributed by atoms with van der Waals surface area (Å²) < 4.78 is 0. The lowest BCUT2D eigenvalue weighted by molar-refractivity contribution is -0.145. The Kier molecular flexibility index (Phi) is 5.08. The summed E-state index contributed by atoms with van der Waals surface area (Å²) in [5.74, 6) is -2.72. The predicted molar refractivity (Wildman–Crippen MR) is 51.3 cm³/mol. The molecule has 0 spiro atoms. The second-order valence-corrected chi connectivity index (χ2v) is 3.07. The van der Waals surface area contributed by atoms with E-state index in [2.05, 4.69) is 5.32 Å². The fourth-order valence-corrected chi connectivity index (χ4v) is 0.996. The molecule has 6 nitrogen and oxygen atoms in total. The number of hydrogen-bond acceptors (Lipinski definition) is 4. The topological polar surface area (TPSA) is 104 Å². The predicted octanol–water partition coefficient (Wildman–Crippen LogP) is -0.00330. The molecule has 0 saturated carbocycles. The van der Waals surface area contributed by atoms with Crippen LogP contribution in [0.5, 0.6) is 0 Å². The third-order valence-electron chi connectivity index (χ3n) is 1.50. The Morgan fingerprint density at radius 2 is 1.80 bits per heavy atom. The van der Waals surface area contributed by atoms with Crippen LogP contribution in [0.1, 0.15) is 20.3 Å². The maximum Gasteiger partial charge on any atom is 0.326 e. The smallest absolute Gasteiger partial charge is 0.326 e. The first kappa shape index (κ1) is 13.2. The van der Waals surface area contributed by atoms with Gasteiger partial charge in [0, 0.05) is 5.70 Å². The lowest BCUT2D eigenvalue weighted by Crippen LogP contribution is -2.37. The molecule has 0 rings (SSSR count). The summed E-state index contributed by atoms with van der Waals surface area (Å²) in [6.07, 6.45) is 0.663. The maximum absolute atomic E-state index is 10.6. The van der Waals surface area contributed by atoms with Crippen LogP contribution >= 0.6 is 0 Å². The van der Waals surface area contributed by atoms with Gasteiger partial charge in [-0.25, -0.2) is 4.79 Å². The molecular formula is C9H13NO5. The quantitative estimate of drug-likeness (QED) is 0.538. The first-order valence-electron chi connectivity index (χ1n) is 4.23. The number of carbonyl (C=O) groups is 3. The van der Waals surface area contributed by atoms with Crippen LogP contribution in [0.2, 0.25) is 0 Å². The normalized spacial score (nSPS) is 13.1. The van der Waals surface area contributed by atoms with Crippen LogP contribution < -0.4 is 5.32 Å². The SMILES string of the molecule is CC(=O)C=C(C)NC(CC(=O)O)C(=O)O. The van der Waals surface area contributed by atoms with Crippen molar-refractivity contribution in [3.8, 4) is 0 Å². The molecule has 0 fully saturated rings. The molecule has 0 amide bonds. The van der Waals surface area contributed by atoms with Crippen molar-refractivity contribution in [3.05, 3.63) is 11.8 Å². The summed E-state index contributed by atoms with van der Waals surface area (Å²) in [5, 5.41) is 19.5. The van der Waals surface area contributed by atoms with Gasteiger partial charge in [0.15, 0.2) is 5.78 Å². The Hall–Kier alpha value is -1.85. The van der Waals surface area contributed by atoms with Crippen LogP contribution in [0, 0.1) is 0 Å². The number of allylic oxidation sites excluding steroid dienone is 2. The Labute approximate surface area is 86.6 Å². The minimum absolute atomic E-state index is 0.237. The molecule has 1 atom stereocenters. The van der Waals surface area contributed by atoms with Crippen LogP contribution in [0.25, 0.3) is 0 Å². The number of carboxylic acid groups (broad SMARTS) is 2. The largest absolute Gasteiger partial charge is 0.481 e. The summed E-state index contributed by atoms with van der Waals surface area (Å²) in [5.41, 5.74) is 0.330. The monoisotopic (exact) mass is 215 g/mol. The van der Waals surface area contributed by atoms with Gasteiger partial charge < -0.3 is 15.5 Å². The molecule has 84 valence electrons. The third kappa shape index (κ3) is 6.25. The Morgan fingerprint density at radius 3 is 2.13 bits per heavy atom. The highest BCUT2D eigenvalue weighted by Crippen LogP contribution is 1.97. The summed E-state index contributed by atoms with van der Waals surface area (Å²) in [4.78, 5) is 31.6. The standard InChI is InChI=1S/C9H13NO5/c1-5(3-6(2)11)10-7(9(14)15)4-8(12)13/h3,7,10H,4H2,1-2H3,(H,12,13)(H,14,15). The molecule has 6 heteroatoms. The molecule has 0 aliphatic rings. The van der Waals surface area contributed by atoms with Crippen molar-refractivity contribution in [2.45, 2.75) is 26.3 Å². The van der Waals surface area contributed by atoms with Crippen molar-refractivity contribution in [2.75, 3.05) is 0 Å². The second-order valence-electron chi connectivity index (χ2n) is 3.07. The molecule has 0 aromatic carbocycles. The van der Waals surface area contributed by atoms with Gasteiger partial charge in [-0.2, -0.15) is 0 Å². The zero-order chi connectivity index (χ0) is 12.0. The minimum atomic E-state index is -1.27. The van der Waals surface area contributed by atoms with Crippen molar-refractivity contribution < 1.29 is 24.6 Å². The molecule has 0 radical (unpaired) electrons. The highest BCUT2D eigenvalue weighted by atomic mass is 16.4. The van der Waals surface area contributed by atoms with E-state index in [1.54, 1.807) is 0 Å². The molecule has 0 aromatic rings. The fourth-order valence-electron chi connectivity index (χ4n) is 0.996. The molecule has 1 unspecified atom stereocenters. The van der Waals surface area contributed by atoms with E-state index in [9.17, 15) is 14.4 Å². The van der Waals surface area contributed by atoms with E-state index < -0.39 is 24.4 Å². The van der Waals surface area contributed by atoms with Crippen molar-refractivity contribution in [2.24, 2.45) is 0 Å². The number of nitrogens with one attached hydrogen (secondary N) is 1. The van der Waals surface area contributed by atoms with E-state index >= 15 is 0 Å². The molecule has 0 aliphatic heterocycles. The van der Waals surface area contributed by atoms with E-state index in [-0.39, 0.29) is 5.78 Å². The molecule has 0 saturated heterocycles. The molecule has 0 bridgehead atoms. The van der Waals surface area contributed by atoms with E-state index in [0.717, 1.165) is 0 Å². The summed E-state index contributed by atoms with van der Waals surface area (Å²) in [6, 6.07) is -1.22. The molecular weight excluding hydrogens is 202 g/mol. The number of ketones is 1. The average molecular weight is 215 g/mol. The molecule has 0 aromatic heterocycles. The van der Waals surface area contributed by atoms with Crippen molar-refractivity contribution in [3.63, 3.8) is 0 Å². The zero-order valence-electron chi connectivity index (χ0n) is 8.48. The fraction of sp³-hybridized carbons (Fsp3) is 0.444. The van der Waals surface area contributed by atoms with E-state index in [0.29, 0.717) is 5.70 Å². The highest BCUT2D eigenvalue weighted by molar-refractivity contribution is 5.88. The number of carbonyl (C=O) groups excluding carboxylic acids is 1. The molecule has 0 heterocycles. The lowest BCUT2D eigenvalue weighted by atomic mass is 10.2. The summed E-state index contributed by atoms with van der Waals surface area (Å²) in [6.45, 7) is 2.82. The first-order valence-corrected chi connectivity index (χ1v) is 4.23. The van der Waals surface area contributed by atoms with Crippen molar-refractivity contribution in [1.82, 2.24) is 5.32 Å². The van der Waals surface area contributed by atoms with Gasteiger partial charge in [-0.1, -0.05) is 0 Å². The number of rotatable bonds is 6. The van der Waals surface area contributed by atoms with Crippen molar-refractivity contribution >= 4 is 17.7 Å². The van der Waals surface area contributed by atoms with Crippen molar-refractivity contribution in [1.29, 1.82) is 0 Å².